The minimum Gasteiger partial charge on any atom is -0.382 e. The Kier molecular flexibility index (Phi) is 5.13. The molecular formula is C21H15F2N7. The molecule has 0 unspecified atom stereocenters. The van der Waals surface area contributed by atoms with Crippen LogP contribution in [-0.2, 0) is 6.42 Å². The van der Waals surface area contributed by atoms with Crippen molar-refractivity contribution in [3.63, 3.8) is 0 Å². The van der Waals surface area contributed by atoms with Gasteiger partial charge in [-0.25, -0.2) is 18.7 Å². The van der Waals surface area contributed by atoms with Crippen LogP contribution in [0.3, 0.4) is 0 Å². The number of halogens is 2. The van der Waals surface area contributed by atoms with Crippen molar-refractivity contribution in [2.45, 2.75) is 6.42 Å². The highest BCUT2D eigenvalue weighted by atomic mass is 19.1. The summed E-state index contributed by atoms with van der Waals surface area (Å²) in [5, 5.41) is 21.3. The fraction of sp³-hybridized carbons (Fsp3) is 0.0952. The third-order valence-electron chi connectivity index (χ3n) is 4.55. The lowest BCUT2D eigenvalue weighted by Gasteiger charge is -2.13. The minimum absolute atomic E-state index is 0.0800. The lowest BCUT2D eigenvalue weighted by atomic mass is 9.97. The Labute approximate surface area is 170 Å². The van der Waals surface area contributed by atoms with Gasteiger partial charge in [0.1, 0.15) is 41.2 Å². The zero-order valence-electron chi connectivity index (χ0n) is 15.6. The van der Waals surface area contributed by atoms with Crippen LogP contribution in [0.25, 0.3) is 22.0 Å². The van der Waals surface area contributed by atoms with E-state index in [1.54, 1.807) is 12.1 Å². The first kappa shape index (κ1) is 19.1. The average Bonchev–Trinajstić information content (AvgIpc) is 2.73. The van der Waals surface area contributed by atoms with Crippen molar-refractivity contribution < 1.29 is 8.78 Å². The molecule has 7 nitrogen and oxygen atoms in total. The van der Waals surface area contributed by atoms with Gasteiger partial charge >= 0.3 is 0 Å². The van der Waals surface area contributed by atoms with Crippen molar-refractivity contribution in [1.29, 1.82) is 5.26 Å². The van der Waals surface area contributed by atoms with E-state index in [-0.39, 0.29) is 11.4 Å². The van der Waals surface area contributed by atoms with E-state index in [0.717, 1.165) is 0 Å². The Bertz CT molecular complexity index is 1280. The number of anilines is 2. The standard InChI is InChI=1S/C21H15F2N7/c22-13-3-1-2-12(8-13)19-15-9-14(23)4-5-17(15)29-30-18(19)6-7-26-21-16(10-24)20(25)27-11-28-21/h1-5,8-9,11H,6-7H2,(H3,25,26,27,28). The SMILES string of the molecule is N#Cc1c(N)ncnc1NCCc1nnc2ccc(F)cc2c1-c1cccc(F)c1. The fourth-order valence-corrected chi connectivity index (χ4v) is 3.20. The van der Waals surface area contributed by atoms with E-state index in [0.29, 0.717) is 46.5 Å². The summed E-state index contributed by atoms with van der Waals surface area (Å²) in [6.07, 6.45) is 1.62. The molecule has 0 aliphatic heterocycles. The van der Waals surface area contributed by atoms with E-state index >= 15 is 0 Å². The molecule has 0 fully saturated rings. The molecule has 9 heteroatoms. The van der Waals surface area contributed by atoms with Gasteiger partial charge in [0.15, 0.2) is 0 Å². The summed E-state index contributed by atoms with van der Waals surface area (Å²) in [4.78, 5) is 7.83. The highest BCUT2D eigenvalue weighted by molar-refractivity contribution is 5.95. The molecule has 3 N–H and O–H groups in total. The second-order valence-corrected chi connectivity index (χ2v) is 6.46. The summed E-state index contributed by atoms with van der Waals surface area (Å²) in [6, 6.07) is 12.2. The monoisotopic (exact) mass is 403 g/mol. The maximum Gasteiger partial charge on any atom is 0.149 e. The summed E-state index contributed by atoms with van der Waals surface area (Å²) in [7, 11) is 0. The number of rotatable bonds is 5. The smallest absolute Gasteiger partial charge is 0.149 e. The number of hydrogen-bond donors (Lipinski definition) is 2. The van der Waals surface area contributed by atoms with Crippen LogP contribution in [-0.4, -0.2) is 26.7 Å². The Morgan fingerprint density at radius 1 is 1.03 bits per heavy atom. The van der Waals surface area contributed by atoms with Gasteiger partial charge in [0.05, 0.1) is 11.2 Å². The van der Waals surface area contributed by atoms with Crippen molar-refractivity contribution in [2.24, 2.45) is 0 Å². The van der Waals surface area contributed by atoms with E-state index in [1.165, 1.54) is 36.7 Å². The quantitative estimate of drug-likeness (QED) is 0.524. The molecule has 4 aromatic rings. The van der Waals surface area contributed by atoms with Crippen LogP contribution in [0.1, 0.15) is 11.3 Å². The molecule has 0 bridgehead atoms. The normalized spacial score (nSPS) is 10.7. The van der Waals surface area contributed by atoms with Gasteiger partial charge in [0.25, 0.3) is 0 Å². The molecule has 2 aromatic heterocycles. The summed E-state index contributed by atoms with van der Waals surface area (Å²) in [5.41, 5.74) is 8.07. The second kappa shape index (κ2) is 8.05. The highest BCUT2D eigenvalue weighted by Crippen LogP contribution is 2.31. The maximum atomic E-state index is 13.9. The molecule has 148 valence electrons. The van der Waals surface area contributed by atoms with Gasteiger partial charge in [-0.05, 0) is 35.9 Å². The van der Waals surface area contributed by atoms with Crippen molar-refractivity contribution >= 4 is 22.5 Å². The first-order chi connectivity index (χ1) is 14.6. The number of nitriles is 1. The van der Waals surface area contributed by atoms with Gasteiger partial charge in [0, 0.05) is 23.9 Å². The lowest BCUT2D eigenvalue weighted by molar-refractivity contribution is 0.628. The Morgan fingerprint density at radius 2 is 1.87 bits per heavy atom. The van der Waals surface area contributed by atoms with Gasteiger partial charge in [0.2, 0.25) is 0 Å². The fourth-order valence-electron chi connectivity index (χ4n) is 3.20. The van der Waals surface area contributed by atoms with Crippen LogP contribution in [0.15, 0.2) is 48.8 Å². The molecule has 30 heavy (non-hydrogen) atoms. The first-order valence-corrected chi connectivity index (χ1v) is 9.02. The molecule has 0 atom stereocenters. The van der Waals surface area contributed by atoms with Gasteiger partial charge < -0.3 is 11.1 Å². The van der Waals surface area contributed by atoms with E-state index in [1.807, 2.05) is 6.07 Å². The summed E-state index contributed by atoms with van der Waals surface area (Å²) >= 11 is 0. The molecule has 0 aliphatic carbocycles. The number of nitrogen functional groups attached to an aromatic ring is 1. The van der Waals surface area contributed by atoms with E-state index in [2.05, 4.69) is 25.5 Å². The van der Waals surface area contributed by atoms with Crippen LogP contribution < -0.4 is 11.1 Å². The second-order valence-electron chi connectivity index (χ2n) is 6.46. The highest BCUT2D eigenvalue weighted by Gasteiger charge is 2.15. The van der Waals surface area contributed by atoms with Crippen LogP contribution in [0.4, 0.5) is 20.4 Å². The predicted octanol–water partition coefficient (Wildman–Crippen LogP) is 3.47. The third kappa shape index (κ3) is 3.71. The molecule has 0 aliphatic rings. The Hall–Kier alpha value is -4.19. The number of hydrogen-bond acceptors (Lipinski definition) is 7. The molecule has 0 radical (unpaired) electrons. The van der Waals surface area contributed by atoms with Crippen LogP contribution in [0.2, 0.25) is 0 Å². The summed E-state index contributed by atoms with van der Waals surface area (Å²) in [6.45, 7) is 0.336. The summed E-state index contributed by atoms with van der Waals surface area (Å²) < 4.78 is 27.8. The number of nitrogens with two attached hydrogens (primary N) is 1. The zero-order valence-corrected chi connectivity index (χ0v) is 15.6. The van der Waals surface area contributed by atoms with E-state index in [4.69, 9.17) is 5.73 Å². The van der Waals surface area contributed by atoms with Crippen molar-refractivity contribution in [1.82, 2.24) is 20.2 Å². The van der Waals surface area contributed by atoms with E-state index < -0.39 is 11.6 Å². The topological polar surface area (TPSA) is 113 Å². The van der Waals surface area contributed by atoms with Gasteiger partial charge in [-0.3, -0.25) is 0 Å². The maximum absolute atomic E-state index is 13.9. The number of benzene rings is 2. The van der Waals surface area contributed by atoms with Crippen molar-refractivity contribution in [2.75, 3.05) is 17.6 Å². The molecule has 2 heterocycles. The number of fused-ring (bicyclic) bond motifs is 1. The lowest BCUT2D eigenvalue weighted by Crippen LogP contribution is -2.12. The number of nitrogens with one attached hydrogen (secondary N) is 1. The molecule has 0 spiro atoms. The summed E-state index contributed by atoms with van der Waals surface area (Å²) in [5.74, 6) is -0.450. The Morgan fingerprint density at radius 3 is 2.67 bits per heavy atom. The van der Waals surface area contributed by atoms with Crippen LogP contribution in [0, 0.1) is 23.0 Å². The van der Waals surface area contributed by atoms with Crippen molar-refractivity contribution in [3.05, 3.63) is 71.7 Å². The minimum atomic E-state index is -0.424. The predicted molar refractivity (Wildman–Crippen MR) is 108 cm³/mol. The molecule has 0 saturated heterocycles. The van der Waals surface area contributed by atoms with Crippen LogP contribution in [0.5, 0.6) is 0 Å². The molecule has 4 rings (SSSR count). The largest absolute Gasteiger partial charge is 0.382 e. The third-order valence-corrected chi connectivity index (χ3v) is 4.55. The first-order valence-electron chi connectivity index (χ1n) is 9.02. The number of nitrogens with zero attached hydrogens (tertiary/aromatic N) is 5. The zero-order chi connectivity index (χ0) is 21.1. The van der Waals surface area contributed by atoms with Gasteiger partial charge in [-0.15, -0.1) is 0 Å². The average molecular weight is 403 g/mol. The van der Waals surface area contributed by atoms with Crippen LogP contribution >= 0.6 is 0 Å². The Balaban J connectivity index is 1.72. The van der Waals surface area contributed by atoms with E-state index in [9.17, 15) is 14.0 Å². The molecule has 0 saturated carbocycles. The molecule has 0 amide bonds. The van der Waals surface area contributed by atoms with Gasteiger partial charge in [-0.1, -0.05) is 12.1 Å². The number of aromatic nitrogens is 4. The van der Waals surface area contributed by atoms with Crippen molar-refractivity contribution in [3.8, 4) is 17.2 Å². The van der Waals surface area contributed by atoms with Gasteiger partial charge in [-0.2, -0.15) is 15.5 Å². The molecule has 2 aromatic carbocycles. The molecular weight excluding hydrogens is 388 g/mol.